The number of thiophene rings is 1. The molecule has 0 fully saturated rings. The largest absolute Gasteiger partial charge is 0.303 e. The van der Waals surface area contributed by atoms with Gasteiger partial charge in [-0.15, -0.1) is 21.5 Å². The molecule has 1 atom stereocenters. The molecule has 0 spiro atoms. The smallest absolute Gasteiger partial charge is 0.163 e. The summed E-state index contributed by atoms with van der Waals surface area (Å²) in [6.07, 6.45) is 7.33. The van der Waals surface area contributed by atoms with Crippen molar-refractivity contribution in [3.05, 3.63) is 51.5 Å². The van der Waals surface area contributed by atoms with E-state index in [1.54, 1.807) is 11.3 Å². The van der Waals surface area contributed by atoms with Crippen molar-refractivity contribution in [1.29, 1.82) is 0 Å². The maximum absolute atomic E-state index is 11.3. The Morgan fingerprint density at radius 1 is 1.24 bits per heavy atom. The maximum atomic E-state index is 11.3. The van der Waals surface area contributed by atoms with Gasteiger partial charge in [-0.2, -0.15) is 0 Å². The van der Waals surface area contributed by atoms with Crippen LogP contribution in [-0.4, -0.2) is 26.8 Å². The van der Waals surface area contributed by atoms with Crippen molar-refractivity contribution in [2.75, 3.05) is 0 Å². The van der Waals surface area contributed by atoms with Gasteiger partial charge < -0.3 is 4.79 Å². The van der Waals surface area contributed by atoms with Gasteiger partial charge in [0.1, 0.15) is 23.2 Å². The van der Waals surface area contributed by atoms with Crippen molar-refractivity contribution < 1.29 is 4.79 Å². The predicted octanol–water partition coefficient (Wildman–Crippen LogP) is 4.21. The molecular formula is C19H22N4OS. The van der Waals surface area contributed by atoms with Crippen LogP contribution in [0.1, 0.15) is 54.0 Å². The highest BCUT2D eigenvalue weighted by molar-refractivity contribution is 7.15. The van der Waals surface area contributed by atoms with Crippen LogP contribution >= 0.6 is 11.3 Å². The molecule has 1 aliphatic heterocycles. The molecule has 3 rings (SSSR count). The standard InChI is InChI=1S/C19H22N4OS/c1-6-8-14(7-2)17-16-11(3)12(4)25-19(16)23-13(5)21-22-18(23)15(20-17)9-10-24/h6-8,10,15H,9H2,1-5H3/b8-6-,14-7+/t15-/m0/s1. The summed E-state index contributed by atoms with van der Waals surface area (Å²) in [4.78, 5) is 17.5. The molecule has 2 aromatic heterocycles. The average molecular weight is 354 g/mol. The fraction of sp³-hybridized carbons (Fsp3) is 0.368. The first kappa shape index (κ1) is 17.5. The first-order valence-electron chi connectivity index (χ1n) is 8.36. The van der Waals surface area contributed by atoms with E-state index in [-0.39, 0.29) is 6.04 Å². The quantitative estimate of drug-likeness (QED) is 0.610. The van der Waals surface area contributed by atoms with Crippen molar-refractivity contribution in [3.63, 3.8) is 0 Å². The summed E-state index contributed by atoms with van der Waals surface area (Å²) in [5, 5.41) is 9.66. The van der Waals surface area contributed by atoms with Gasteiger partial charge in [0.05, 0.1) is 5.71 Å². The second-order valence-electron chi connectivity index (χ2n) is 6.04. The van der Waals surface area contributed by atoms with Gasteiger partial charge in [-0.25, -0.2) is 0 Å². The number of hydrogen-bond donors (Lipinski definition) is 0. The first-order chi connectivity index (χ1) is 12.0. The first-order valence-corrected chi connectivity index (χ1v) is 9.18. The van der Waals surface area contributed by atoms with E-state index >= 15 is 0 Å². The predicted molar refractivity (Wildman–Crippen MR) is 102 cm³/mol. The summed E-state index contributed by atoms with van der Waals surface area (Å²) in [5.74, 6) is 1.55. The van der Waals surface area contributed by atoms with E-state index in [1.807, 2.05) is 26.8 Å². The fourth-order valence-corrected chi connectivity index (χ4v) is 4.34. The van der Waals surface area contributed by atoms with E-state index in [9.17, 15) is 4.79 Å². The molecule has 0 amide bonds. The Labute approximate surface area is 151 Å². The number of nitrogens with zero attached hydrogens (tertiary/aromatic N) is 4. The highest BCUT2D eigenvalue weighted by Crippen LogP contribution is 2.39. The molecule has 5 nitrogen and oxygen atoms in total. The van der Waals surface area contributed by atoms with Gasteiger partial charge >= 0.3 is 0 Å². The number of aldehydes is 1. The number of aliphatic imine (C=N–C) groups is 1. The van der Waals surface area contributed by atoms with Gasteiger partial charge in [-0.3, -0.25) is 9.56 Å². The molecule has 25 heavy (non-hydrogen) atoms. The Kier molecular flexibility index (Phi) is 4.81. The lowest BCUT2D eigenvalue weighted by atomic mass is 9.99. The second kappa shape index (κ2) is 6.88. The van der Waals surface area contributed by atoms with E-state index in [0.29, 0.717) is 6.42 Å². The third-order valence-electron chi connectivity index (χ3n) is 4.49. The van der Waals surface area contributed by atoms with Crippen LogP contribution in [-0.2, 0) is 4.79 Å². The van der Waals surface area contributed by atoms with Crippen molar-refractivity contribution in [2.24, 2.45) is 4.99 Å². The molecule has 0 N–H and O–H groups in total. The number of aryl methyl sites for hydroxylation is 2. The molecule has 0 aliphatic carbocycles. The molecule has 0 unspecified atom stereocenters. The monoisotopic (exact) mass is 354 g/mol. The molecule has 3 heterocycles. The minimum atomic E-state index is -0.326. The highest BCUT2D eigenvalue weighted by atomic mass is 32.1. The average Bonchev–Trinajstić information content (AvgIpc) is 3.06. The van der Waals surface area contributed by atoms with Gasteiger partial charge in [0.25, 0.3) is 0 Å². The van der Waals surface area contributed by atoms with Gasteiger partial charge in [-0.05, 0) is 45.8 Å². The van der Waals surface area contributed by atoms with Crippen molar-refractivity contribution >= 4 is 23.3 Å². The Morgan fingerprint density at radius 2 is 2.00 bits per heavy atom. The number of aromatic nitrogens is 3. The Hall–Kier alpha value is -2.34. The number of carbonyl (C=O) groups is 1. The van der Waals surface area contributed by atoms with Crippen LogP contribution in [0.15, 0.2) is 28.8 Å². The Morgan fingerprint density at radius 3 is 2.64 bits per heavy atom. The minimum Gasteiger partial charge on any atom is -0.303 e. The lowest BCUT2D eigenvalue weighted by molar-refractivity contribution is -0.108. The summed E-state index contributed by atoms with van der Waals surface area (Å²) in [7, 11) is 0. The van der Waals surface area contributed by atoms with Crippen LogP contribution < -0.4 is 0 Å². The second-order valence-corrected chi connectivity index (χ2v) is 7.25. The maximum Gasteiger partial charge on any atom is 0.163 e. The number of hydrogen-bond acceptors (Lipinski definition) is 5. The van der Waals surface area contributed by atoms with Crippen molar-refractivity contribution in [2.45, 2.75) is 47.1 Å². The van der Waals surface area contributed by atoms with E-state index in [4.69, 9.17) is 4.99 Å². The number of carbonyl (C=O) groups excluding carboxylic acids is 1. The lowest BCUT2D eigenvalue weighted by Gasteiger charge is -2.10. The van der Waals surface area contributed by atoms with Gasteiger partial charge in [0.2, 0.25) is 0 Å². The van der Waals surface area contributed by atoms with E-state index in [0.717, 1.165) is 39.8 Å². The minimum absolute atomic E-state index is 0.293. The zero-order valence-corrected chi connectivity index (χ0v) is 16.0. The van der Waals surface area contributed by atoms with Crippen LogP contribution in [0.5, 0.6) is 0 Å². The summed E-state index contributed by atoms with van der Waals surface area (Å²) in [5.41, 5.74) is 4.31. The lowest BCUT2D eigenvalue weighted by Crippen LogP contribution is -2.08. The number of fused-ring (bicyclic) bond motifs is 3. The molecule has 0 saturated carbocycles. The topological polar surface area (TPSA) is 60.1 Å². The molecule has 2 aromatic rings. The van der Waals surface area contributed by atoms with Crippen LogP contribution in [0, 0.1) is 20.8 Å². The third-order valence-corrected chi connectivity index (χ3v) is 5.68. The fourth-order valence-electron chi connectivity index (χ4n) is 3.13. The molecule has 0 bridgehead atoms. The SMILES string of the molecule is C/C=C\C(=C/C)C1=N[C@@H](CC=O)c2nnc(C)n2-c2sc(C)c(C)c21. The van der Waals surface area contributed by atoms with E-state index < -0.39 is 0 Å². The van der Waals surface area contributed by atoms with Crippen LogP contribution in [0.2, 0.25) is 0 Å². The molecule has 0 radical (unpaired) electrons. The van der Waals surface area contributed by atoms with Gasteiger partial charge in [-0.1, -0.05) is 18.2 Å². The van der Waals surface area contributed by atoms with E-state index in [1.165, 1.54) is 10.4 Å². The molecule has 6 heteroatoms. The Balaban J connectivity index is 2.38. The normalized spacial score (nSPS) is 17.2. The zero-order valence-electron chi connectivity index (χ0n) is 15.2. The number of rotatable bonds is 4. The summed E-state index contributed by atoms with van der Waals surface area (Å²) in [6.45, 7) is 10.2. The highest BCUT2D eigenvalue weighted by Gasteiger charge is 2.31. The Bertz CT molecular complexity index is 914. The zero-order chi connectivity index (χ0) is 18.1. The summed E-state index contributed by atoms with van der Waals surface area (Å²) >= 11 is 1.72. The van der Waals surface area contributed by atoms with E-state index in [2.05, 4.69) is 40.8 Å². The molecule has 0 aromatic carbocycles. The molecule has 130 valence electrons. The van der Waals surface area contributed by atoms with Crippen molar-refractivity contribution in [1.82, 2.24) is 14.8 Å². The van der Waals surface area contributed by atoms with Crippen LogP contribution in [0.25, 0.3) is 5.00 Å². The van der Waals surface area contributed by atoms with Crippen LogP contribution in [0.4, 0.5) is 0 Å². The molecule has 1 aliphatic rings. The van der Waals surface area contributed by atoms with Gasteiger partial charge in [0, 0.05) is 16.9 Å². The number of allylic oxidation sites excluding steroid dienone is 4. The van der Waals surface area contributed by atoms with Gasteiger partial charge in [0.15, 0.2) is 5.82 Å². The molecule has 0 saturated heterocycles. The molecular weight excluding hydrogens is 332 g/mol. The summed E-state index contributed by atoms with van der Waals surface area (Å²) in [6, 6.07) is -0.326. The summed E-state index contributed by atoms with van der Waals surface area (Å²) < 4.78 is 2.06. The third kappa shape index (κ3) is 2.80. The van der Waals surface area contributed by atoms with Crippen molar-refractivity contribution in [3.8, 4) is 5.00 Å². The van der Waals surface area contributed by atoms with Crippen LogP contribution in [0.3, 0.4) is 0 Å².